The van der Waals surface area contributed by atoms with Gasteiger partial charge < -0.3 is 15.7 Å². The largest absolute Gasteiger partial charge is 0.416 e. The molecule has 1 aliphatic heterocycles. The summed E-state index contributed by atoms with van der Waals surface area (Å²) in [7, 11) is 0. The Labute approximate surface area is 111 Å². The minimum absolute atomic E-state index is 0.111. The van der Waals surface area contributed by atoms with E-state index in [1.54, 1.807) is 6.07 Å². The number of rotatable bonds is 3. The molecule has 0 aromatic heterocycles. The Hall–Kier alpha value is -2.09. The maximum atomic E-state index is 12.1. The molecule has 0 saturated carbocycles. The monoisotopic (exact) mass is 288 g/mol. The van der Waals surface area contributed by atoms with Crippen molar-refractivity contribution in [1.82, 2.24) is 5.32 Å². The van der Waals surface area contributed by atoms with E-state index in [0.29, 0.717) is 5.69 Å². The quantitative estimate of drug-likeness (QED) is 0.771. The van der Waals surface area contributed by atoms with Crippen molar-refractivity contribution in [1.29, 1.82) is 0 Å². The number of aliphatic hydroxyl groups is 1. The predicted octanol–water partition coefficient (Wildman–Crippen LogP) is 0.834. The summed E-state index contributed by atoms with van der Waals surface area (Å²) in [5.74, 6) is -0.956. The molecule has 3 N–H and O–H groups in total. The third kappa shape index (κ3) is 3.08. The average Bonchev–Trinajstić information content (AvgIpc) is 2.73. The van der Waals surface area contributed by atoms with Crippen LogP contribution < -0.4 is 10.6 Å². The van der Waals surface area contributed by atoms with Crippen LogP contribution in [0.3, 0.4) is 0 Å². The van der Waals surface area contributed by atoms with E-state index in [0.717, 1.165) is 5.56 Å². The SMILES string of the molecule is O=C1Cc2ccc(C(=O)NCC(O)C(F)(F)F)cc2N1. The fraction of sp³-hybridized carbons (Fsp3) is 0.333. The van der Waals surface area contributed by atoms with E-state index in [4.69, 9.17) is 5.11 Å². The molecule has 0 saturated heterocycles. The Morgan fingerprint density at radius 3 is 2.80 bits per heavy atom. The Bertz CT molecular complexity index is 557. The lowest BCUT2D eigenvalue weighted by molar-refractivity contribution is -0.201. The Morgan fingerprint density at radius 1 is 1.45 bits per heavy atom. The maximum Gasteiger partial charge on any atom is 0.416 e. The highest BCUT2D eigenvalue weighted by atomic mass is 19.4. The summed E-state index contributed by atoms with van der Waals surface area (Å²) in [5, 5.41) is 13.3. The number of nitrogens with one attached hydrogen (secondary N) is 2. The number of anilines is 1. The van der Waals surface area contributed by atoms with E-state index < -0.39 is 24.7 Å². The van der Waals surface area contributed by atoms with Crippen molar-refractivity contribution in [2.75, 3.05) is 11.9 Å². The zero-order chi connectivity index (χ0) is 14.9. The van der Waals surface area contributed by atoms with Crippen molar-refractivity contribution in [2.24, 2.45) is 0 Å². The molecule has 0 radical (unpaired) electrons. The first-order valence-corrected chi connectivity index (χ1v) is 5.73. The molecule has 5 nitrogen and oxygen atoms in total. The standard InChI is InChI=1S/C12H11F3N2O3/c13-12(14,15)9(18)5-16-11(20)7-2-1-6-4-10(19)17-8(6)3-7/h1-3,9,18H,4-5H2,(H,16,20)(H,17,19). The first kappa shape index (κ1) is 14.3. The van der Waals surface area contributed by atoms with Gasteiger partial charge in [0.25, 0.3) is 5.91 Å². The number of carbonyl (C=O) groups is 2. The summed E-state index contributed by atoms with van der Waals surface area (Å²) in [6, 6.07) is 4.35. The third-order valence-corrected chi connectivity index (χ3v) is 2.83. The second-order valence-corrected chi connectivity index (χ2v) is 4.36. The fourth-order valence-electron chi connectivity index (χ4n) is 1.76. The highest BCUT2D eigenvalue weighted by molar-refractivity contribution is 6.02. The molecule has 1 aromatic carbocycles. The number of halogens is 3. The lowest BCUT2D eigenvalue weighted by Crippen LogP contribution is -2.40. The van der Waals surface area contributed by atoms with Crippen LogP contribution in [0.5, 0.6) is 0 Å². The maximum absolute atomic E-state index is 12.1. The number of hydrogen-bond donors (Lipinski definition) is 3. The smallest absolute Gasteiger partial charge is 0.382 e. The average molecular weight is 288 g/mol. The van der Waals surface area contributed by atoms with Crippen LogP contribution in [0.25, 0.3) is 0 Å². The van der Waals surface area contributed by atoms with Gasteiger partial charge in [-0.15, -0.1) is 0 Å². The van der Waals surface area contributed by atoms with E-state index in [1.807, 2.05) is 5.32 Å². The molecule has 8 heteroatoms. The fourth-order valence-corrected chi connectivity index (χ4v) is 1.76. The number of alkyl halides is 3. The molecule has 1 atom stereocenters. The van der Waals surface area contributed by atoms with E-state index >= 15 is 0 Å². The van der Waals surface area contributed by atoms with Gasteiger partial charge in [-0.2, -0.15) is 13.2 Å². The molecule has 0 bridgehead atoms. The molecule has 1 heterocycles. The third-order valence-electron chi connectivity index (χ3n) is 2.83. The first-order chi connectivity index (χ1) is 9.27. The summed E-state index contributed by atoms with van der Waals surface area (Å²) in [6.45, 7) is -0.925. The van der Waals surface area contributed by atoms with Crippen LogP contribution >= 0.6 is 0 Å². The van der Waals surface area contributed by atoms with Gasteiger partial charge in [-0.3, -0.25) is 9.59 Å². The minimum Gasteiger partial charge on any atom is -0.382 e. The van der Waals surface area contributed by atoms with Gasteiger partial charge in [-0.1, -0.05) is 6.07 Å². The molecule has 0 aliphatic carbocycles. The van der Waals surface area contributed by atoms with Gasteiger partial charge in [0.15, 0.2) is 6.10 Å². The second-order valence-electron chi connectivity index (χ2n) is 4.36. The molecular weight excluding hydrogens is 277 g/mol. The number of fused-ring (bicyclic) bond motifs is 1. The highest BCUT2D eigenvalue weighted by Gasteiger charge is 2.38. The molecule has 1 aromatic rings. The summed E-state index contributed by atoms with van der Waals surface area (Å²) < 4.78 is 36.2. The van der Waals surface area contributed by atoms with E-state index in [1.165, 1.54) is 12.1 Å². The molecule has 1 aliphatic rings. The Kier molecular flexibility index (Phi) is 3.67. The first-order valence-electron chi connectivity index (χ1n) is 5.73. The Balaban J connectivity index is 2.01. The number of amides is 2. The zero-order valence-corrected chi connectivity index (χ0v) is 10.1. The van der Waals surface area contributed by atoms with Gasteiger partial charge in [-0.05, 0) is 17.7 Å². The van der Waals surface area contributed by atoms with Crippen LogP contribution in [0.1, 0.15) is 15.9 Å². The topological polar surface area (TPSA) is 78.4 Å². The van der Waals surface area contributed by atoms with E-state index in [9.17, 15) is 22.8 Å². The molecule has 2 rings (SSSR count). The highest BCUT2D eigenvalue weighted by Crippen LogP contribution is 2.24. The van der Waals surface area contributed by atoms with Crippen LogP contribution in [0, 0.1) is 0 Å². The number of carbonyl (C=O) groups excluding carboxylic acids is 2. The van der Waals surface area contributed by atoms with E-state index in [2.05, 4.69) is 5.32 Å². The molecule has 0 spiro atoms. The minimum atomic E-state index is -4.78. The van der Waals surface area contributed by atoms with Crippen molar-refractivity contribution in [3.05, 3.63) is 29.3 Å². The van der Waals surface area contributed by atoms with Gasteiger partial charge >= 0.3 is 6.18 Å². The van der Waals surface area contributed by atoms with Crippen LogP contribution in [0.15, 0.2) is 18.2 Å². The second kappa shape index (κ2) is 5.12. The molecule has 108 valence electrons. The number of benzene rings is 1. The van der Waals surface area contributed by atoms with Crippen LogP contribution in [0.4, 0.5) is 18.9 Å². The van der Waals surface area contributed by atoms with Crippen molar-refractivity contribution in [3.63, 3.8) is 0 Å². The van der Waals surface area contributed by atoms with Crippen LogP contribution in [-0.2, 0) is 11.2 Å². The van der Waals surface area contributed by atoms with Crippen LogP contribution in [-0.4, -0.2) is 35.7 Å². The van der Waals surface area contributed by atoms with Gasteiger partial charge in [-0.25, -0.2) is 0 Å². The zero-order valence-electron chi connectivity index (χ0n) is 10.1. The molecule has 1 unspecified atom stereocenters. The van der Waals surface area contributed by atoms with Crippen molar-refractivity contribution in [2.45, 2.75) is 18.7 Å². The molecular formula is C12H11F3N2O3. The lowest BCUT2D eigenvalue weighted by Gasteiger charge is -2.15. The summed E-state index contributed by atoms with van der Waals surface area (Å²) in [5.41, 5.74) is 1.31. The summed E-state index contributed by atoms with van der Waals surface area (Å²) in [6.07, 6.45) is -7.18. The van der Waals surface area contributed by atoms with Crippen LogP contribution in [0.2, 0.25) is 0 Å². The van der Waals surface area contributed by atoms with Gasteiger partial charge in [0.05, 0.1) is 13.0 Å². The molecule has 2 amide bonds. The summed E-state index contributed by atoms with van der Waals surface area (Å²) >= 11 is 0. The normalized spacial score (nSPS) is 15.5. The van der Waals surface area contributed by atoms with Gasteiger partial charge in [0.2, 0.25) is 5.91 Å². The summed E-state index contributed by atoms with van der Waals surface area (Å²) in [4.78, 5) is 22.8. The van der Waals surface area contributed by atoms with Crippen molar-refractivity contribution >= 4 is 17.5 Å². The lowest BCUT2D eigenvalue weighted by atomic mass is 10.1. The molecule has 20 heavy (non-hydrogen) atoms. The van der Waals surface area contributed by atoms with Gasteiger partial charge in [0, 0.05) is 11.3 Å². The van der Waals surface area contributed by atoms with Gasteiger partial charge in [0.1, 0.15) is 0 Å². The van der Waals surface area contributed by atoms with Crippen molar-refractivity contribution < 1.29 is 27.9 Å². The number of hydrogen-bond acceptors (Lipinski definition) is 3. The predicted molar refractivity (Wildman–Crippen MR) is 63.2 cm³/mol. The van der Waals surface area contributed by atoms with Crippen molar-refractivity contribution in [3.8, 4) is 0 Å². The molecule has 0 fully saturated rings. The van der Waals surface area contributed by atoms with E-state index in [-0.39, 0.29) is 17.9 Å². The Morgan fingerprint density at radius 2 is 2.15 bits per heavy atom. The number of aliphatic hydroxyl groups excluding tert-OH is 1.